The first-order chi connectivity index (χ1) is 8.63. The lowest BCUT2D eigenvalue weighted by molar-refractivity contribution is 0.0325. The van der Waals surface area contributed by atoms with Crippen molar-refractivity contribution in [2.45, 2.75) is 77.9 Å². The zero-order valence-electron chi connectivity index (χ0n) is 12.8. The average Bonchev–Trinajstić information content (AvgIpc) is 2.79. The van der Waals surface area contributed by atoms with Gasteiger partial charge in [-0.25, -0.2) is 0 Å². The van der Waals surface area contributed by atoms with Gasteiger partial charge in [-0.15, -0.1) is 0 Å². The highest BCUT2D eigenvalue weighted by Crippen LogP contribution is 2.34. The monoisotopic (exact) mass is 252 g/mol. The first-order valence-corrected chi connectivity index (χ1v) is 8.12. The standard InChI is InChI=1S/C16H32N2/c1-5-9-17-15-7-6-8-16(15)18-11-12(2)10-13(3)14(18)4/h12-17H,5-11H2,1-4H3. The highest BCUT2D eigenvalue weighted by molar-refractivity contribution is 4.95. The van der Waals surface area contributed by atoms with Gasteiger partial charge in [-0.05, 0) is 51.0 Å². The van der Waals surface area contributed by atoms with Gasteiger partial charge in [-0.2, -0.15) is 0 Å². The molecular weight excluding hydrogens is 220 g/mol. The number of nitrogens with zero attached hydrogens (tertiary/aromatic N) is 1. The Kier molecular flexibility index (Phi) is 5.08. The highest BCUT2D eigenvalue weighted by Gasteiger charge is 2.38. The fourth-order valence-corrected chi connectivity index (χ4v) is 4.10. The molecule has 0 amide bonds. The van der Waals surface area contributed by atoms with Gasteiger partial charge in [0.2, 0.25) is 0 Å². The minimum Gasteiger partial charge on any atom is -0.312 e. The summed E-state index contributed by atoms with van der Waals surface area (Å²) in [5.74, 6) is 1.74. The fourth-order valence-electron chi connectivity index (χ4n) is 4.10. The maximum Gasteiger partial charge on any atom is 0.0252 e. The Hall–Kier alpha value is -0.0800. The molecule has 5 unspecified atom stereocenters. The number of rotatable bonds is 4. The average molecular weight is 252 g/mol. The molecule has 2 aliphatic rings. The van der Waals surface area contributed by atoms with Crippen LogP contribution in [0.25, 0.3) is 0 Å². The highest BCUT2D eigenvalue weighted by atomic mass is 15.2. The Labute approximate surface area is 114 Å². The van der Waals surface area contributed by atoms with Crippen molar-refractivity contribution in [1.82, 2.24) is 10.2 Å². The Bertz CT molecular complexity index is 253. The molecule has 0 aromatic heterocycles. The molecule has 2 nitrogen and oxygen atoms in total. The van der Waals surface area contributed by atoms with Crippen molar-refractivity contribution in [3.63, 3.8) is 0 Å². The maximum absolute atomic E-state index is 3.79. The first kappa shape index (κ1) is 14.3. The second-order valence-electron chi connectivity index (χ2n) is 6.81. The van der Waals surface area contributed by atoms with Gasteiger partial charge >= 0.3 is 0 Å². The number of piperidine rings is 1. The zero-order valence-corrected chi connectivity index (χ0v) is 12.8. The maximum atomic E-state index is 3.79. The summed E-state index contributed by atoms with van der Waals surface area (Å²) in [6, 6.07) is 2.33. The molecule has 0 aromatic rings. The van der Waals surface area contributed by atoms with Gasteiger partial charge < -0.3 is 5.32 Å². The molecular formula is C16H32N2. The van der Waals surface area contributed by atoms with Gasteiger partial charge in [0.1, 0.15) is 0 Å². The van der Waals surface area contributed by atoms with Crippen LogP contribution in [0.5, 0.6) is 0 Å². The van der Waals surface area contributed by atoms with E-state index in [1.54, 1.807) is 0 Å². The van der Waals surface area contributed by atoms with Crippen LogP contribution in [0.15, 0.2) is 0 Å². The van der Waals surface area contributed by atoms with Crippen molar-refractivity contribution in [2.75, 3.05) is 13.1 Å². The third kappa shape index (κ3) is 3.08. The molecule has 1 aliphatic carbocycles. The van der Waals surface area contributed by atoms with Crippen LogP contribution in [0.3, 0.4) is 0 Å². The molecule has 1 N–H and O–H groups in total. The Morgan fingerprint density at radius 3 is 2.67 bits per heavy atom. The number of hydrogen-bond donors (Lipinski definition) is 1. The van der Waals surface area contributed by atoms with E-state index in [2.05, 4.69) is 37.9 Å². The second kappa shape index (κ2) is 6.38. The Morgan fingerprint density at radius 1 is 1.17 bits per heavy atom. The lowest BCUT2D eigenvalue weighted by atomic mass is 9.84. The molecule has 2 fully saturated rings. The van der Waals surface area contributed by atoms with Crippen molar-refractivity contribution < 1.29 is 0 Å². The van der Waals surface area contributed by atoms with E-state index in [9.17, 15) is 0 Å². The van der Waals surface area contributed by atoms with E-state index in [4.69, 9.17) is 0 Å². The Balaban J connectivity index is 1.99. The normalized spacial score (nSPS) is 42.3. The summed E-state index contributed by atoms with van der Waals surface area (Å²) < 4.78 is 0. The van der Waals surface area contributed by atoms with Crippen molar-refractivity contribution in [1.29, 1.82) is 0 Å². The second-order valence-corrected chi connectivity index (χ2v) is 6.81. The van der Waals surface area contributed by atoms with Crippen molar-refractivity contribution in [3.05, 3.63) is 0 Å². The van der Waals surface area contributed by atoms with Gasteiger partial charge in [-0.1, -0.05) is 27.2 Å². The van der Waals surface area contributed by atoms with Gasteiger partial charge in [-0.3, -0.25) is 4.90 Å². The molecule has 5 atom stereocenters. The molecule has 1 saturated heterocycles. The topological polar surface area (TPSA) is 15.3 Å². The van der Waals surface area contributed by atoms with Gasteiger partial charge in [0.15, 0.2) is 0 Å². The van der Waals surface area contributed by atoms with E-state index in [1.165, 1.54) is 45.2 Å². The number of hydrogen-bond acceptors (Lipinski definition) is 2. The van der Waals surface area contributed by atoms with E-state index >= 15 is 0 Å². The van der Waals surface area contributed by atoms with Crippen LogP contribution < -0.4 is 5.32 Å². The third-order valence-corrected chi connectivity index (χ3v) is 5.21. The van der Waals surface area contributed by atoms with Gasteiger partial charge in [0.25, 0.3) is 0 Å². The van der Waals surface area contributed by atoms with E-state index in [-0.39, 0.29) is 0 Å². The largest absolute Gasteiger partial charge is 0.312 e. The molecule has 1 heterocycles. The molecule has 0 radical (unpaired) electrons. The number of likely N-dealkylation sites (tertiary alicyclic amines) is 1. The molecule has 1 saturated carbocycles. The van der Waals surface area contributed by atoms with Crippen LogP contribution in [-0.2, 0) is 0 Å². The van der Waals surface area contributed by atoms with Crippen molar-refractivity contribution >= 4 is 0 Å². The molecule has 106 valence electrons. The third-order valence-electron chi connectivity index (χ3n) is 5.21. The summed E-state index contributed by atoms with van der Waals surface area (Å²) >= 11 is 0. The summed E-state index contributed by atoms with van der Waals surface area (Å²) in [6.45, 7) is 12.1. The van der Waals surface area contributed by atoms with E-state index in [0.29, 0.717) is 0 Å². The predicted octanol–water partition coefficient (Wildman–Crippen LogP) is 3.27. The smallest absolute Gasteiger partial charge is 0.0252 e. The molecule has 0 aromatic carbocycles. The molecule has 2 rings (SSSR count). The Morgan fingerprint density at radius 2 is 1.94 bits per heavy atom. The molecule has 0 bridgehead atoms. The quantitative estimate of drug-likeness (QED) is 0.826. The summed E-state index contributed by atoms with van der Waals surface area (Å²) in [4.78, 5) is 2.83. The summed E-state index contributed by atoms with van der Waals surface area (Å²) in [5, 5.41) is 3.79. The fraction of sp³-hybridized carbons (Fsp3) is 1.00. The van der Waals surface area contributed by atoms with Gasteiger partial charge in [0, 0.05) is 24.7 Å². The van der Waals surface area contributed by atoms with Crippen molar-refractivity contribution in [3.8, 4) is 0 Å². The van der Waals surface area contributed by atoms with E-state index < -0.39 is 0 Å². The SMILES string of the molecule is CCCNC1CCCC1N1CC(C)CC(C)C1C. The molecule has 0 spiro atoms. The van der Waals surface area contributed by atoms with Crippen LogP contribution in [-0.4, -0.2) is 36.1 Å². The zero-order chi connectivity index (χ0) is 13.1. The lowest BCUT2D eigenvalue weighted by Gasteiger charge is -2.46. The van der Waals surface area contributed by atoms with Crippen LogP contribution in [0.4, 0.5) is 0 Å². The van der Waals surface area contributed by atoms with Crippen LogP contribution in [0.1, 0.15) is 59.8 Å². The van der Waals surface area contributed by atoms with E-state index in [1.807, 2.05) is 0 Å². The van der Waals surface area contributed by atoms with E-state index in [0.717, 1.165) is 30.0 Å². The summed E-state index contributed by atoms with van der Waals surface area (Å²) in [6.07, 6.45) is 6.88. The molecule has 2 heteroatoms. The molecule has 1 aliphatic heterocycles. The van der Waals surface area contributed by atoms with Crippen LogP contribution in [0, 0.1) is 11.8 Å². The first-order valence-electron chi connectivity index (χ1n) is 8.12. The number of nitrogens with one attached hydrogen (secondary N) is 1. The molecule has 18 heavy (non-hydrogen) atoms. The minimum atomic E-state index is 0.755. The van der Waals surface area contributed by atoms with Gasteiger partial charge in [0.05, 0.1) is 0 Å². The summed E-state index contributed by atoms with van der Waals surface area (Å²) in [7, 11) is 0. The van der Waals surface area contributed by atoms with Crippen LogP contribution in [0.2, 0.25) is 0 Å². The van der Waals surface area contributed by atoms with Crippen molar-refractivity contribution in [2.24, 2.45) is 11.8 Å². The minimum absolute atomic E-state index is 0.755. The predicted molar refractivity (Wildman–Crippen MR) is 78.8 cm³/mol. The van der Waals surface area contributed by atoms with Crippen LogP contribution >= 0.6 is 0 Å². The summed E-state index contributed by atoms with van der Waals surface area (Å²) in [5.41, 5.74) is 0. The lowest BCUT2D eigenvalue weighted by Crippen LogP contribution is -2.55.